The van der Waals surface area contributed by atoms with E-state index in [1.54, 1.807) is 0 Å². The molecule has 1 aliphatic heterocycles. The predicted octanol–water partition coefficient (Wildman–Crippen LogP) is 1.78. The van der Waals surface area contributed by atoms with Crippen molar-refractivity contribution in [3.63, 3.8) is 0 Å². The summed E-state index contributed by atoms with van der Waals surface area (Å²) in [6, 6.07) is 12.9. The molecule has 2 aromatic rings. The van der Waals surface area contributed by atoms with Crippen molar-refractivity contribution in [1.82, 2.24) is 21.1 Å². The Hall–Kier alpha value is -3.42. The van der Waals surface area contributed by atoms with Gasteiger partial charge in [0.2, 0.25) is 5.91 Å². The SMILES string of the molecule is O=C(Cc1cccc2ccccc12)NNC(=O)CN1C(=O)NC2(CCCCC2)C1=O. The van der Waals surface area contributed by atoms with Gasteiger partial charge in [0.05, 0.1) is 6.42 Å². The van der Waals surface area contributed by atoms with Crippen molar-refractivity contribution in [2.45, 2.75) is 44.1 Å². The Labute approximate surface area is 174 Å². The minimum atomic E-state index is -0.868. The van der Waals surface area contributed by atoms with Gasteiger partial charge in [-0.15, -0.1) is 0 Å². The Balaban J connectivity index is 1.32. The Morgan fingerprint density at radius 2 is 1.63 bits per heavy atom. The van der Waals surface area contributed by atoms with E-state index in [0.717, 1.165) is 40.5 Å². The maximum Gasteiger partial charge on any atom is 0.325 e. The monoisotopic (exact) mass is 408 g/mol. The molecule has 5 amide bonds. The highest BCUT2D eigenvalue weighted by Crippen LogP contribution is 2.33. The maximum absolute atomic E-state index is 12.7. The lowest BCUT2D eigenvalue weighted by Crippen LogP contribution is -2.50. The van der Waals surface area contributed by atoms with Gasteiger partial charge < -0.3 is 5.32 Å². The van der Waals surface area contributed by atoms with Crippen LogP contribution >= 0.6 is 0 Å². The number of imide groups is 1. The molecule has 156 valence electrons. The first-order valence-electron chi connectivity index (χ1n) is 10.2. The molecule has 1 saturated heterocycles. The molecule has 1 saturated carbocycles. The molecular weight excluding hydrogens is 384 g/mol. The largest absolute Gasteiger partial charge is 0.325 e. The zero-order valence-electron chi connectivity index (χ0n) is 16.6. The number of nitrogens with zero attached hydrogens (tertiary/aromatic N) is 1. The molecule has 3 N–H and O–H groups in total. The smallest absolute Gasteiger partial charge is 0.323 e. The van der Waals surface area contributed by atoms with Crippen molar-refractivity contribution in [3.8, 4) is 0 Å². The second-order valence-corrected chi connectivity index (χ2v) is 7.88. The quantitative estimate of drug-likeness (QED) is 0.529. The molecule has 4 rings (SSSR count). The molecule has 0 unspecified atom stereocenters. The van der Waals surface area contributed by atoms with E-state index in [1.807, 2.05) is 42.5 Å². The summed E-state index contributed by atoms with van der Waals surface area (Å²) in [5.41, 5.74) is 4.63. The number of rotatable bonds is 4. The Morgan fingerprint density at radius 1 is 0.933 bits per heavy atom. The molecule has 2 aromatic carbocycles. The number of nitrogens with one attached hydrogen (secondary N) is 3. The highest BCUT2D eigenvalue weighted by molar-refractivity contribution is 6.09. The molecule has 30 heavy (non-hydrogen) atoms. The second kappa shape index (κ2) is 8.14. The molecule has 1 heterocycles. The predicted molar refractivity (Wildman–Crippen MR) is 110 cm³/mol. The molecule has 0 atom stereocenters. The summed E-state index contributed by atoms with van der Waals surface area (Å²) in [6.45, 7) is -0.430. The van der Waals surface area contributed by atoms with Crippen molar-refractivity contribution in [2.75, 3.05) is 6.54 Å². The number of fused-ring (bicyclic) bond motifs is 1. The van der Waals surface area contributed by atoms with Crippen molar-refractivity contribution in [1.29, 1.82) is 0 Å². The third kappa shape index (κ3) is 3.85. The van der Waals surface area contributed by atoms with Crippen LogP contribution in [0.15, 0.2) is 42.5 Å². The zero-order chi connectivity index (χ0) is 21.1. The fraction of sp³-hybridized carbons (Fsp3) is 0.364. The van der Waals surface area contributed by atoms with Crippen LogP contribution < -0.4 is 16.2 Å². The number of hydrogen-bond donors (Lipinski definition) is 3. The number of carbonyl (C=O) groups is 4. The number of hydrogen-bond acceptors (Lipinski definition) is 4. The molecule has 1 aliphatic carbocycles. The molecule has 0 bridgehead atoms. The van der Waals surface area contributed by atoms with Crippen molar-refractivity contribution >= 4 is 34.5 Å². The highest BCUT2D eigenvalue weighted by Gasteiger charge is 2.51. The average molecular weight is 408 g/mol. The molecule has 8 heteroatoms. The van der Waals surface area contributed by atoms with E-state index < -0.39 is 24.0 Å². The Kier molecular flexibility index (Phi) is 5.39. The van der Waals surface area contributed by atoms with E-state index in [-0.39, 0.29) is 18.2 Å². The lowest BCUT2D eigenvalue weighted by Gasteiger charge is -2.30. The summed E-state index contributed by atoms with van der Waals surface area (Å²) < 4.78 is 0. The van der Waals surface area contributed by atoms with Crippen molar-refractivity contribution in [2.24, 2.45) is 0 Å². The van der Waals surface area contributed by atoms with E-state index in [9.17, 15) is 19.2 Å². The number of carbonyl (C=O) groups excluding carboxylic acids is 4. The van der Waals surface area contributed by atoms with E-state index in [0.29, 0.717) is 12.8 Å². The van der Waals surface area contributed by atoms with Crippen molar-refractivity contribution in [3.05, 3.63) is 48.0 Å². The third-order valence-electron chi connectivity index (χ3n) is 5.83. The first-order chi connectivity index (χ1) is 14.5. The first kappa shape index (κ1) is 19.9. The normalized spacial score (nSPS) is 17.8. The summed E-state index contributed by atoms with van der Waals surface area (Å²) in [5, 5.41) is 4.76. The minimum Gasteiger partial charge on any atom is -0.323 e. The van der Waals surface area contributed by atoms with Crippen molar-refractivity contribution < 1.29 is 19.2 Å². The van der Waals surface area contributed by atoms with Gasteiger partial charge in [0, 0.05) is 0 Å². The number of hydrazine groups is 1. The molecular formula is C22H24N4O4. The molecule has 2 aliphatic rings. The van der Waals surface area contributed by atoms with Gasteiger partial charge in [-0.05, 0) is 29.2 Å². The topological polar surface area (TPSA) is 108 Å². The van der Waals surface area contributed by atoms with Gasteiger partial charge in [0.25, 0.3) is 11.8 Å². The van der Waals surface area contributed by atoms with Gasteiger partial charge in [-0.2, -0.15) is 0 Å². The summed E-state index contributed by atoms with van der Waals surface area (Å²) in [5.74, 6) is -1.37. The second-order valence-electron chi connectivity index (χ2n) is 7.88. The number of amides is 5. The standard InChI is InChI=1S/C22H24N4O4/c27-18(13-16-9-6-8-15-7-2-3-10-17(15)16)24-25-19(28)14-26-20(29)22(23-21(26)30)11-4-1-5-12-22/h2-3,6-10H,1,4-5,11-14H2,(H,23,30)(H,24,27)(H,25,28). The van der Waals surface area contributed by atoms with Crippen LogP contribution in [0.4, 0.5) is 4.79 Å². The van der Waals surface area contributed by atoms with Gasteiger partial charge in [0.15, 0.2) is 0 Å². The lowest BCUT2D eigenvalue weighted by molar-refractivity contribution is -0.136. The summed E-state index contributed by atoms with van der Waals surface area (Å²) in [6.07, 6.45) is 4.06. The molecule has 0 radical (unpaired) electrons. The minimum absolute atomic E-state index is 0.0911. The van der Waals surface area contributed by atoms with Gasteiger partial charge in [0.1, 0.15) is 12.1 Å². The van der Waals surface area contributed by atoms with Crippen LogP contribution in [0, 0.1) is 0 Å². The van der Waals surface area contributed by atoms with Gasteiger partial charge in [-0.1, -0.05) is 61.7 Å². The van der Waals surface area contributed by atoms with Crippen LogP contribution in [0.3, 0.4) is 0 Å². The fourth-order valence-corrected chi connectivity index (χ4v) is 4.30. The summed E-state index contributed by atoms with van der Waals surface area (Å²) >= 11 is 0. The first-order valence-corrected chi connectivity index (χ1v) is 10.2. The van der Waals surface area contributed by atoms with Crippen LogP contribution in [-0.2, 0) is 20.8 Å². The van der Waals surface area contributed by atoms with Crippen LogP contribution in [0.2, 0.25) is 0 Å². The number of benzene rings is 2. The Morgan fingerprint density at radius 3 is 2.43 bits per heavy atom. The highest BCUT2D eigenvalue weighted by atomic mass is 16.2. The van der Waals surface area contributed by atoms with E-state index in [2.05, 4.69) is 16.2 Å². The third-order valence-corrected chi connectivity index (χ3v) is 5.83. The van der Waals surface area contributed by atoms with Gasteiger partial charge >= 0.3 is 6.03 Å². The van der Waals surface area contributed by atoms with Gasteiger partial charge in [-0.3, -0.25) is 30.1 Å². The van der Waals surface area contributed by atoms with Crippen LogP contribution in [-0.4, -0.2) is 40.7 Å². The molecule has 0 aromatic heterocycles. The molecule has 8 nitrogen and oxygen atoms in total. The fourth-order valence-electron chi connectivity index (χ4n) is 4.30. The molecule has 2 fully saturated rings. The maximum atomic E-state index is 12.7. The van der Waals surface area contributed by atoms with E-state index in [1.165, 1.54) is 0 Å². The van der Waals surface area contributed by atoms with E-state index in [4.69, 9.17) is 0 Å². The van der Waals surface area contributed by atoms with Crippen LogP contribution in [0.25, 0.3) is 10.8 Å². The van der Waals surface area contributed by atoms with E-state index >= 15 is 0 Å². The number of urea groups is 1. The lowest BCUT2D eigenvalue weighted by atomic mass is 9.82. The Bertz CT molecular complexity index is 1010. The van der Waals surface area contributed by atoms with Crippen LogP contribution in [0.1, 0.15) is 37.7 Å². The van der Waals surface area contributed by atoms with Gasteiger partial charge in [-0.25, -0.2) is 4.79 Å². The summed E-state index contributed by atoms with van der Waals surface area (Å²) in [4.78, 5) is 50.4. The van der Waals surface area contributed by atoms with Crippen LogP contribution in [0.5, 0.6) is 0 Å². The zero-order valence-corrected chi connectivity index (χ0v) is 16.6. The average Bonchev–Trinajstić information content (AvgIpc) is 2.97. The summed E-state index contributed by atoms with van der Waals surface area (Å²) in [7, 11) is 0. The molecule has 1 spiro atoms.